The van der Waals surface area contributed by atoms with Crippen LogP contribution in [0.4, 0.5) is 8.78 Å². The predicted octanol–water partition coefficient (Wildman–Crippen LogP) is 6.01. The third-order valence-corrected chi connectivity index (χ3v) is 6.38. The standard InChI is InChI=1S/C25H26F2N2O2/c26-22(16-29)3-1-2-17-4-12-23(13-5-17)31-25(30)19-8-6-18(7-9-19)20-10-11-21(15-28)24(27)14-20/h1-3,10-11,14,17-19,23H,4-9,12-13H2/b2-1+,22-3?. The number of benzene rings is 1. The van der Waals surface area contributed by atoms with Crippen LogP contribution >= 0.6 is 0 Å². The fourth-order valence-corrected chi connectivity index (χ4v) is 4.53. The summed E-state index contributed by atoms with van der Waals surface area (Å²) in [5.41, 5.74) is 0.941. The van der Waals surface area contributed by atoms with Crippen LogP contribution in [-0.2, 0) is 9.53 Å². The molecule has 0 unspecified atom stereocenters. The number of carbonyl (C=O) groups is 1. The fraction of sp³-hybridized carbons (Fsp3) is 0.480. The second-order valence-electron chi connectivity index (χ2n) is 8.38. The lowest BCUT2D eigenvalue weighted by Gasteiger charge is -2.31. The van der Waals surface area contributed by atoms with E-state index in [0.717, 1.165) is 63.0 Å². The largest absolute Gasteiger partial charge is 0.462 e. The molecule has 2 fully saturated rings. The number of hydrogen-bond acceptors (Lipinski definition) is 4. The van der Waals surface area contributed by atoms with Crippen molar-refractivity contribution in [3.8, 4) is 12.1 Å². The molecule has 2 aliphatic rings. The van der Waals surface area contributed by atoms with E-state index < -0.39 is 11.6 Å². The quantitative estimate of drug-likeness (QED) is 0.330. The molecule has 0 saturated heterocycles. The van der Waals surface area contributed by atoms with E-state index in [1.165, 1.54) is 18.2 Å². The molecule has 0 spiro atoms. The number of nitrogens with zero attached hydrogens (tertiary/aromatic N) is 2. The lowest BCUT2D eigenvalue weighted by atomic mass is 9.78. The van der Waals surface area contributed by atoms with Gasteiger partial charge in [-0.15, -0.1) is 0 Å². The summed E-state index contributed by atoms with van der Waals surface area (Å²) in [6.45, 7) is 0. The monoisotopic (exact) mass is 424 g/mol. The first-order valence-electron chi connectivity index (χ1n) is 10.8. The average molecular weight is 424 g/mol. The van der Waals surface area contributed by atoms with Gasteiger partial charge in [-0.3, -0.25) is 4.79 Å². The number of hydrogen-bond donors (Lipinski definition) is 0. The minimum Gasteiger partial charge on any atom is -0.462 e. The van der Waals surface area contributed by atoms with Crippen LogP contribution in [0.25, 0.3) is 0 Å². The lowest BCUT2D eigenvalue weighted by molar-refractivity contribution is -0.157. The van der Waals surface area contributed by atoms with Gasteiger partial charge in [-0.25, -0.2) is 4.39 Å². The number of carbonyl (C=O) groups excluding carboxylic acids is 1. The molecule has 1 aromatic rings. The maximum absolute atomic E-state index is 13.9. The Morgan fingerprint density at radius 2 is 1.77 bits per heavy atom. The highest BCUT2D eigenvalue weighted by Crippen LogP contribution is 2.37. The minimum atomic E-state index is -0.807. The van der Waals surface area contributed by atoms with Crippen LogP contribution in [0.15, 0.2) is 42.3 Å². The average Bonchev–Trinajstić information content (AvgIpc) is 2.80. The summed E-state index contributed by atoms with van der Waals surface area (Å²) in [5.74, 6) is -1.04. The van der Waals surface area contributed by atoms with Crippen molar-refractivity contribution in [2.75, 3.05) is 0 Å². The van der Waals surface area contributed by atoms with Crippen molar-refractivity contribution < 1.29 is 18.3 Å². The summed E-state index contributed by atoms with van der Waals surface area (Å²) in [7, 11) is 0. The number of allylic oxidation sites excluding steroid dienone is 4. The molecule has 0 aromatic heterocycles. The van der Waals surface area contributed by atoms with Gasteiger partial charge in [0.2, 0.25) is 0 Å². The van der Waals surface area contributed by atoms with E-state index in [4.69, 9.17) is 15.3 Å². The number of nitriles is 2. The summed E-state index contributed by atoms with van der Waals surface area (Å²) in [5, 5.41) is 17.3. The maximum atomic E-state index is 13.9. The molecule has 3 rings (SSSR count). The van der Waals surface area contributed by atoms with Gasteiger partial charge < -0.3 is 4.74 Å². The molecule has 0 heterocycles. The highest BCUT2D eigenvalue weighted by molar-refractivity contribution is 5.72. The van der Waals surface area contributed by atoms with Crippen LogP contribution in [0, 0.1) is 40.3 Å². The van der Waals surface area contributed by atoms with Gasteiger partial charge in [0.25, 0.3) is 0 Å². The Hall–Kier alpha value is -2.99. The molecule has 0 amide bonds. The second kappa shape index (κ2) is 10.9. The molecule has 0 bridgehead atoms. The topological polar surface area (TPSA) is 73.9 Å². The van der Waals surface area contributed by atoms with Crippen molar-refractivity contribution in [2.45, 2.75) is 63.4 Å². The maximum Gasteiger partial charge on any atom is 0.309 e. The Kier molecular flexibility index (Phi) is 7.95. The van der Waals surface area contributed by atoms with Gasteiger partial charge in [0.1, 0.15) is 24.1 Å². The van der Waals surface area contributed by atoms with E-state index in [9.17, 15) is 13.6 Å². The first kappa shape index (κ1) is 22.7. The Labute approximate surface area is 181 Å². The summed E-state index contributed by atoms with van der Waals surface area (Å²) >= 11 is 0. The zero-order valence-electron chi connectivity index (χ0n) is 17.4. The molecule has 0 atom stereocenters. The normalized spacial score (nSPS) is 26.8. The van der Waals surface area contributed by atoms with Gasteiger partial charge in [0.05, 0.1) is 11.5 Å². The van der Waals surface area contributed by atoms with Crippen LogP contribution in [0.2, 0.25) is 0 Å². The summed E-state index contributed by atoms with van der Waals surface area (Å²) in [6, 6.07) is 8.05. The molecule has 1 aromatic carbocycles. The smallest absolute Gasteiger partial charge is 0.309 e. The number of rotatable bonds is 5. The third kappa shape index (κ3) is 6.25. The first-order chi connectivity index (χ1) is 15.0. The number of halogens is 2. The second-order valence-corrected chi connectivity index (χ2v) is 8.38. The van der Waals surface area contributed by atoms with Gasteiger partial charge >= 0.3 is 5.97 Å². The molecule has 0 N–H and O–H groups in total. The molecule has 162 valence electrons. The number of esters is 1. The molecular formula is C25H26F2N2O2. The van der Waals surface area contributed by atoms with Gasteiger partial charge in [-0.2, -0.15) is 14.9 Å². The van der Waals surface area contributed by atoms with E-state index in [-0.39, 0.29) is 29.5 Å². The van der Waals surface area contributed by atoms with Crippen molar-refractivity contribution in [1.82, 2.24) is 0 Å². The fourth-order valence-electron chi connectivity index (χ4n) is 4.53. The summed E-state index contributed by atoms with van der Waals surface area (Å²) in [6.07, 6.45) is 10.9. The Balaban J connectivity index is 1.42. The highest BCUT2D eigenvalue weighted by atomic mass is 19.1. The number of ether oxygens (including phenoxy) is 1. The molecule has 6 heteroatoms. The molecule has 0 radical (unpaired) electrons. The molecule has 31 heavy (non-hydrogen) atoms. The summed E-state index contributed by atoms with van der Waals surface area (Å²) < 4.78 is 32.4. The van der Waals surface area contributed by atoms with Gasteiger partial charge in [0, 0.05) is 0 Å². The molecular weight excluding hydrogens is 398 g/mol. The van der Waals surface area contributed by atoms with E-state index >= 15 is 0 Å². The van der Waals surface area contributed by atoms with Crippen molar-refractivity contribution in [3.05, 3.63) is 59.2 Å². The van der Waals surface area contributed by atoms with E-state index in [0.29, 0.717) is 5.92 Å². The Bertz CT molecular complexity index is 926. The Morgan fingerprint density at radius 1 is 1.06 bits per heavy atom. The van der Waals surface area contributed by atoms with Crippen molar-refractivity contribution in [2.24, 2.45) is 11.8 Å². The van der Waals surface area contributed by atoms with E-state index in [2.05, 4.69) is 0 Å². The van der Waals surface area contributed by atoms with E-state index in [1.54, 1.807) is 6.08 Å². The van der Waals surface area contributed by atoms with Crippen LogP contribution < -0.4 is 0 Å². The molecule has 4 nitrogen and oxygen atoms in total. The zero-order chi connectivity index (χ0) is 22.2. The highest BCUT2D eigenvalue weighted by Gasteiger charge is 2.31. The SMILES string of the molecule is N#CC(F)=C/C=C/C1CCC(OC(=O)C2CCC(c3ccc(C#N)c(F)c3)CC2)CC1. The zero-order valence-corrected chi connectivity index (χ0v) is 17.4. The predicted molar refractivity (Wildman–Crippen MR) is 112 cm³/mol. The van der Waals surface area contributed by atoms with Crippen molar-refractivity contribution in [1.29, 1.82) is 10.5 Å². The molecule has 2 saturated carbocycles. The lowest BCUT2D eigenvalue weighted by Crippen LogP contribution is -2.29. The Morgan fingerprint density at radius 3 is 2.39 bits per heavy atom. The molecule has 2 aliphatic carbocycles. The van der Waals surface area contributed by atoms with Crippen LogP contribution in [0.1, 0.15) is 68.4 Å². The van der Waals surface area contributed by atoms with Crippen molar-refractivity contribution >= 4 is 5.97 Å². The van der Waals surface area contributed by atoms with Crippen LogP contribution in [0.3, 0.4) is 0 Å². The third-order valence-electron chi connectivity index (χ3n) is 6.38. The van der Waals surface area contributed by atoms with Crippen LogP contribution in [0.5, 0.6) is 0 Å². The van der Waals surface area contributed by atoms with Gasteiger partial charge in [-0.05, 0) is 87.0 Å². The van der Waals surface area contributed by atoms with Crippen molar-refractivity contribution in [3.63, 3.8) is 0 Å². The molecule has 0 aliphatic heterocycles. The minimum absolute atomic E-state index is 0.0528. The van der Waals surface area contributed by atoms with Gasteiger partial charge in [0.15, 0.2) is 5.83 Å². The first-order valence-corrected chi connectivity index (χ1v) is 10.8. The summed E-state index contributed by atoms with van der Waals surface area (Å²) in [4.78, 5) is 12.6. The van der Waals surface area contributed by atoms with Crippen LogP contribution in [-0.4, -0.2) is 12.1 Å². The van der Waals surface area contributed by atoms with Gasteiger partial charge in [-0.1, -0.05) is 18.2 Å². The van der Waals surface area contributed by atoms with E-state index in [1.807, 2.05) is 18.2 Å².